The fourth-order valence-electron chi connectivity index (χ4n) is 2.26. The second-order valence-corrected chi connectivity index (χ2v) is 6.24. The Morgan fingerprint density at radius 3 is 2.64 bits per heavy atom. The van der Waals surface area contributed by atoms with Crippen LogP contribution in [0.25, 0.3) is 5.69 Å². The van der Waals surface area contributed by atoms with Gasteiger partial charge in [0.25, 0.3) is 0 Å². The van der Waals surface area contributed by atoms with Gasteiger partial charge >= 0.3 is 0 Å². The molecule has 0 aliphatic heterocycles. The number of nitrogens with one attached hydrogen (secondary N) is 1. The number of benzene rings is 1. The van der Waals surface area contributed by atoms with E-state index in [-0.39, 0.29) is 6.04 Å². The van der Waals surface area contributed by atoms with E-state index in [2.05, 4.69) is 52.7 Å². The first-order valence-electron chi connectivity index (χ1n) is 7.34. The minimum atomic E-state index is 0.119. The van der Waals surface area contributed by atoms with Crippen molar-refractivity contribution in [2.75, 3.05) is 5.32 Å². The van der Waals surface area contributed by atoms with Crippen molar-refractivity contribution in [1.82, 2.24) is 19.1 Å². The Hall–Kier alpha value is -2.21. The van der Waals surface area contributed by atoms with E-state index in [1.165, 1.54) is 17.1 Å². The number of hydrogen-bond acceptors (Lipinski definition) is 5. The molecule has 0 spiro atoms. The number of para-hydroxylation sites is 1. The van der Waals surface area contributed by atoms with Crippen LogP contribution in [0.5, 0.6) is 0 Å². The Balaban J connectivity index is 1.84. The topological polar surface area (TPSA) is 55.6 Å². The molecule has 5 nitrogen and oxygen atoms in total. The van der Waals surface area contributed by atoms with Gasteiger partial charge in [0.1, 0.15) is 5.82 Å². The van der Waals surface area contributed by atoms with Gasteiger partial charge in [0.15, 0.2) is 0 Å². The van der Waals surface area contributed by atoms with E-state index in [1.54, 1.807) is 6.20 Å². The highest BCUT2D eigenvalue weighted by atomic mass is 32.1. The van der Waals surface area contributed by atoms with Crippen LogP contribution in [-0.2, 0) is 0 Å². The van der Waals surface area contributed by atoms with Crippen molar-refractivity contribution in [1.29, 1.82) is 0 Å². The van der Waals surface area contributed by atoms with Crippen molar-refractivity contribution in [2.45, 2.75) is 32.7 Å². The molecule has 0 saturated heterocycles. The number of anilines is 1. The Labute approximate surface area is 134 Å². The molecule has 0 amide bonds. The Bertz CT molecular complexity index is 733. The van der Waals surface area contributed by atoms with Gasteiger partial charge in [-0.3, -0.25) is 0 Å². The summed E-state index contributed by atoms with van der Waals surface area (Å²) in [6.07, 6.45) is 3.74. The molecule has 1 unspecified atom stereocenters. The third-order valence-corrected chi connectivity index (χ3v) is 4.11. The van der Waals surface area contributed by atoms with Gasteiger partial charge in [-0.05, 0) is 24.6 Å². The number of nitrogens with zero attached hydrogens (tertiary/aromatic N) is 4. The first kappa shape index (κ1) is 14.7. The van der Waals surface area contributed by atoms with Crippen LogP contribution in [0.2, 0.25) is 0 Å². The molecular formula is C16H19N5S. The summed E-state index contributed by atoms with van der Waals surface area (Å²) in [5, 5.41) is 8.62. The minimum Gasteiger partial charge on any atom is -0.354 e. The first-order chi connectivity index (χ1) is 10.6. The molecule has 0 fully saturated rings. The lowest BCUT2D eigenvalue weighted by Gasteiger charge is -2.17. The molecule has 6 heteroatoms. The molecule has 22 heavy (non-hydrogen) atoms. The van der Waals surface area contributed by atoms with Gasteiger partial charge in [0.05, 0.1) is 11.7 Å². The predicted octanol–water partition coefficient (Wildman–Crippen LogP) is 4.02. The molecular weight excluding hydrogens is 294 g/mol. The molecule has 2 heterocycles. The van der Waals surface area contributed by atoms with Crippen LogP contribution in [0.4, 0.5) is 5.13 Å². The summed E-state index contributed by atoms with van der Waals surface area (Å²) in [5.74, 6) is 1.23. The second-order valence-electron chi connectivity index (χ2n) is 5.49. The van der Waals surface area contributed by atoms with Crippen LogP contribution in [0, 0.1) is 0 Å². The van der Waals surface area contributed by atoms with E-state index < -0.39 is 0 Å². The SMILES string of the molecule is CC(C)c1nsc(NC(C)c2ccccc2-n2cccn2)n1. The second kappa shape index (κ2) is 6.27. The maximum absolute atomic E-state index is 4.54. The van der Waals surface area contributed by atoms with Gasteiger partial charge in [0.2, 0.25) is 5.13 Å². The summed E-state index contributed by atoms with van der Waals surface area (Å²) >= 11 is 1.41. The average Bonchev–Trinajstić information content (AvgIpc) is 3.18. The van der Waals surface area contributed by atoms with E-state index in [0.717, 1.165) is 16.6 Å². The van der Waals surface area contributed by atoms with Crippen molar-refractivity contribution in [3.05, 3.63) is 54.1 Å². The van der Waals surface area contributed by atoms with Gasteiger partial charge in [-0.1, -0.05) is 32.0 Å². The number of rotatable bonds is 5. The molecule has 114 valence electrons. The molecule has 1 atom stereocenters. The van der Waals surface area contributed by atoms with Crippen molar-refractivity contribution >= 4 is 16.7 Å². The van der Waals surface area contributed by atoms with Gasteiger partial charge in [-0.2, -0.15) is 9.47 Å². The van der Waals surface area contributed by atoms with Gasteiger partial charge in [-0.25, -0.2) is 9.67 Å². The van der Waals surface area contributed by atoms with E-state index in [1.807, 2.05) is 29.1 Å². The fraction of sp³-hybridized carbons (Fsp3) is 0.312. The standard InChI is InChI=1S/C16H19N5S/c1-11(2)15-19-16(22-20-15)18-12(3)13-7-4-5-8-14(13)21-10-6-9-17-21/h4-12H,1-3H3,(H,18,19,20). The molecule has 0 aliphatic carbocycles. The summed E-state index contributed by atoms with van der Waals surface area (Å²) in [7, 11) is 0. The number of aromatic nitrogens is 4. The fourth-order valence-corrected chi connectivity index (χ4v) is 3.06. The van der Waals surface area contributed by atoms with E-state index in [0.29, 0.717) is 5.92 Å². The number of hydrogen-bond donors (Lipinski definition) is 1. The van der Waals surface area contributed by atoms with E-state index >= 15 is 0 Å². The summed E-state index contributed by atoms with van der Waals surface area (Å²) < 4.78 is 6.27. The zero-order valence-electron chi connectivity index (χ0n) is 12.9. The molecule has 1 N–H and O–H groups in total. The molecule has 3 rings (SSSR count). The first-order valence-corrected chi connectivity index (χ1v) is 8.11. The van der Waals surface area contributed by atoms with Crippen molar-refractivity contribution in [2.24, 2.45) is 0 Å². The highest BCUT2D eigenvalue weighted by molar-refractivity contribution is 7.09. The quantitative estimate of drug-likeness (QED) is 0.773. The van der Waals surface area contributed by atoms with Crippen LogP contribution < -0.4 is 5.32 Å². The van der Waals surface area contributed by atoms with Gasteiger partial charge in [-0.15, -0.1) is 0 Å². The molecule has 0 radical (unpaired) electrons. The van der Waals surface area contributed by atoms with Crippen molar-refractivity contribution in [3.8, 4) is 5.69 Å². The molecule has 1 aromatic carbocycles. The summed E-state index contributed by atoms with van der Waals surface area (Å²) in [5.41, 5.74) is 2.24. The van der Waals surface area contributed by atoms with E-state index in [9.17, 15) is 0 Å². The summed E-state index contributed by atoms with van der Waals surface area (Å²) in [6, 6.07) is 10.3. The molecule has 3 aromatic rings. The van der Waals surface area contributed by atoms with Crippen LogP contribution in [0.15, 0.2) is 42.7 Å². The maximum Gasteiger partial charge on any atom is 0.203 e. The Morgan fingerprint density at radius 1 is 1.14 bits per heavy atom. The Kier molecular flexibility index (Phi) is 4.20. The van der Waals surface area contributed by atoms with E-state index in [4.69, 9.17) is 0 Å². The highest BCUT2D eigenvalue weighted by Gasteiger charge is 2.14. The van der Waals surface area contributed by atoms with Crippen molar-refractivity contribution < 1.29 is 0 Å². The van der Waals surface area contributed by atoms with Crippen LogP contribution in [-0.4, -0.2) is 19.1 Å². The lowest BCUT2D eigenvalue weighted by Crippen LogP contribution is -2.10. The third-order valence-electron chi connectivity index (χ3n) is 3.45. The molecule has 0 saturated carbocycles. The normalized spacial score (nSPS) is 12.5. The largest absolute Gasteiger partial charge is 0.354 e. The smallest absolute Gasteiger partial charge is 0.203 e. The van der Waals surface area contributed by atoms with Gasteiger partial charge < -0.3 is 5.32 Å². The zero-order chi connectivity index (χ0) is 15.5. The highest BCUT2D eigenvalue weighted by Crippen LogP contribution is 2.26. The zero-order valence-corrected chi connectivity index (χ0v) is 13.7. The van der Waals surface area contributed by atoms with Crippen molar-refractivity contribution in [3.63, 3.8) is 0 Å². The van der Waals surface area contributed by atoms with Crippen LogP contribution >= 0.6 is 11.5 Å². The molecule has 0 aliphatic rings. The maximum atomic E-state index is 4.54. The molecule has 0 bridgehead atoms. The average molecular weight is 313 g/mol. The predicted molar refractivity (Wildman–Crippen MR) is 89.6 cm³/mol. The molecule has 2 aromatic heterocycles. The minimum absolute atomic E-state index is 0.119. The van der Waals surface area contributed by atoms with Gasteiger partial charge in [0, 0.05) is 29.8 Å². The third kappa shape index (κ3) is 3.01. The van der Waals surface area contributed by atoms with Crippen LogP contribution in [0.3, 0.4) is 0 Å². The Morgan fingerprint density at radius 2 is 1.95 bits per heavy atom. The summed E-state index contributed by atoms with van der Waals surface area (Å²) in [6.45, 7) is 6.32. The lowest BCUT2D eigenvalue weighted by molar-refractivity contribution is 0.790. The monoisotopic (exact) mass is 313 g/mol. The lowest BCUT2D eigenvalue weighted by atomic mass is 10.1. The summed E-state index contributed by atoms with van der Waals surface area (Å²) in [4.78, 5) is 4.54. The van der Waals surface area contributed by atoms with Crippen LogP contribution in [0.1, 0.15) is 44.1 Å².